The van der Waals surface area contributed by atoms with Crippen LogP contribution in [0, 0.1) is 0 Å². The number of ether oxygens (including phenoxy) is 2. The monoisotopic (exact) mass is 518 g/mol. The van der Waals surface area contributed by atoms with Gasteiger partial charge in [-0.2, -0.15) is 0 Å². The Morgan fingerprint density at radius 1 is 0.816 bits per heavy atom. The summed E-state index contributed by atoms with van der Waals surface area (Å²) in [7, 11) is 0. The molecule has 0 saturated carbocycles. The fourth-order valence-corrected chi connectivity index (χ4v) is 4.94. The maximum absolute atomic E-state index is 13.6. The van der Waals surface area contributed by atoms with Gasteiger partial charge in [-0.15, -0.1) is 0 Å². The molecule has 0 N–H and O–H groups in total. The number of hydrogen-bond donors (Lipinski definition) is 0. The number of para-hydroxylation sites is 1. The third-order valence-electron chi connectivity index (χ3n) is 6.75. The fraction of sp³-hybridized carbons (Fsp3) is 0.452. The SMILES string of the molecule is CC(C)(C)OC(=O)n1c2c(c3ccccc31)CCN(C(=O)OCc1ccccc1)CCCCCCCC2=O. The summed E-state index contributed by atoms with van der Waals surface area (Å²) in [5, 5.41) is 0.828. The van der Waals surface area contributed by atoms with E-state index in [1.54, 1.807) is 4.90 Å². The Bertz CT molecular complexity index is 1270. The largest absolute Gasteiger partial charge is 0.445 e. The third kappa shape index (κ3) is 6.82. The normalized spacial score (nSPS) is 15.7. The van der Waals surface area contributed by atoms with Crippen molar-refractivity contribution in [2.45, 2.75) is 77.9 Å². The predicted molar refractivity (Wildman–Crippen MR) is 148 cm³/mol. The maximum atomic E-state index is 13.6. The summed E-state index contributed by atoms with van der Waals surface area (Å²) in [6.45, 7) is 6.62. The Morgan fingerprint density at radius 2 is 1.50 bits per heavy atom. The number of aromatic nitrogens is 1. The first-order valence-electron chi connectivity index (χ1n) is 13.6. The van der Waals surface area contributed by atoms with Crippen LogP contribution in [0.5, 0.6) is 0 Å². The highest BCUT2D eigenvalue weighted by atomic mass is 16.6. The van der Waals surface area contributed by atoms with Crippen molar-refractivity contribution in [3.63, 3.8) is 0 Å². The number of Topliss-reactive ketones (excluding diaryl/α,β-unsaturated/α-hetero) is 1. The second-order valence-corrected chi connectivity index (χ2v) is 10.9. The van der Waals surface area contributed by atoms with Gasteiger partial charge in [0.25, 0.3) is 0 Å². The van der Waals surface area contributed by atoms with Crippen molar-refractivity contribution in [3.05, 3.63) is 71.4 Å². The Balaban J connectivity index is 1.68. The molecule has 4 rings (SSSR count). The Labute approximate surface area is 224 Å². The Kier molecular flexibility index (Phi) is 8.87. The van der Waals surface area contributed by atoms with E-state index < -0.39 is 11.7 Å². The number of nitrogens with zero attached hydrogens (tertiary/aromatic N) is 2. The van der Waals surface area contributed by atoms with Crippen molar-refractivity contribution in [1.29, 1.82) is 0 Å². The molecule has 0 unspecified atom stereocenters. The van der Waals surface area contributed by atoms with Crippen LogP contribution in [0.25, 0.3) is 10.9 Å². The van der Waals surface area contributed by atoms with Gasteiger partial charge < -0.3 is 14.4 Å². The van der Waals surface area contributed by atoms with E-state index in [2.05, 4.69) is 0 Å². The van der Waals surface area contributed by atoms with Crippen molar-refractivity contribution in [2.24, 2.45) is 0 Å². The number of carbonyl (C=O) groups is 3. The van der Waals surface area contributed by atoms with Gasteiger partial charge in [0.2, 0.25) is 0 Å². The molecular weight excluding hydrogens is 480 g/mol. The van der Waals surface area contributed by atoms with Crippen molar-refractivity contribution >= 4 is 28.9 Å². The number of rotatable bonds is 2. The van der Waals surface area contributed by atoms with Crippen LogP contribution in [0.15, 0.2) is 54.6 Å². The third-order valence-corrected chi connectivity index (χ3v) is 6.75. The van der Waals surface area contributed by atoms with Gasteiger partial charge in [-0.3, -0.25) is 4.79 Å². The standard InChI is InChI=1S/C31H38N2O5/c1-31(2,3)38-30(36)33-26-17-12-11-16-24(26)25-19-21-32(29(35)37-22-23-14-8-7-9-15-23)20-13-6-4-5-10-18-27(34)28(25)33/h7-9,11-12,14-17H,4-6,10,13,18-22H2,1-3H3. The molecular formula is C31H38N2O5. The van der Waals surface area contributed by atoms with E-state index in [0.29, 0.717) is 37.1 Å². The molecule has 38 heavy (non-hydrogen) atoms. The van der Waals surface area contributed by atoms with Gasteiger partial charge in [0.15, 0.2) is 5.78 Å². The summed E-state index contributed by atoms with van der Waals surface area (Å²) in [6, 6.07) is 17.1. The second-order valence-electron chi connectivity index (χ2n) is 10.9. The lowest BCUT2D eigenvalue weighted by molar-refractivity contribution is 0.0534. The quantitative estimate of drug-likeness (QED) is 0.360. The van der Waals surface area contributed by atoms with Gasteiger partial charge in [0, 0.05) is 24.9 Å². The minimum absolute atomic E-state index is 0.0699. The average Bonchev–Trinajstić information content (AvgIpc) is 3.22. The molecule has 2 aromatic carbocycles. The number of benzene rings is 2. The number of ketones is 1. The molecule has 0 bridgehead atoms. The molecule has 1 aliphatic rings. The number of carbonyl (C=O) groups excluding carboxylic acids is 3. The molecule has 0 atom stereocenters. The van der Waals surface area contributed by atoms with Gasteiger partial charge in [-0.1, -0.05) is 67.8 Å². The first kappa shape index (κ1) is 27.4. The molecule has 202 valence electrons. The van der Waals surface area contributed by atoms with Crippen LogP contribution >= 0.6 is 0 Å². The van der Waals surface area contributed by atoms with Gasteiger partial charge in [0.1, 0.15) is 12.2 Å². The molecule has 0 radical (unpaired) electrons. The van der Waals surface area contributed by atoms with Gasteiger partial charge in [-0.05, 0) is 57.2 Å². The molecule has 1 amide bonds. The average molecular weight is 519 g/mol. The van der Waals surface area contributed by atoms with E-state index in [0.717, 1.165) is 48.6 Å². The highest BCUT2D eigenvalue weighted by molar-refractivity contribution is 6.07. The fourth-order valence-electron chi connectivity index (χ4n) is 4.94. The first-order valence-corrected chi connectivity index (χ1v) is 13.6. The van der Waals surface area contributed by atoms with Crippen LogP contribution in [-0.4, -0.2) is 46.1 Å². The van der Waals surface area contributed by atoms with E-state index in [1.807, 2.05) is 75.4 Å². The van der Waals surface area contributed by atoms with Crippen LogP contribution < -0.4 is 0 Å². The molecule has 7 heteroatoms. The molecule has 2 heterocycles. The summed E-state index contributed by atoms with van der Waals surface area (Å²) >= 11 is 0. The molecule has 0 saturated heterocycles. The van der Waals surface area contributed by atoms with Crippen LogP contribution in [0.2, 0.25) is 0 Å². The van der Waals surface area contributed by atoms with Crippen molar-refractivity contribution in [3.8, 4) is 0 Å². The van der Waals surface area contributed by atoms with Crippen molar-refractivity contribution < 1.29 is 23.9 Å². The zero-order chi connectivity index (χ0) is 27.1. The minimum Gasteiger partial charge on any atom is -0.445 e. The predicted octanol–water partition coefficient (Wildman–Crippen LogP) is 7.14. The first-order chi connectivity index (χ1) is 18.2. The molecule has 0 aliphatic carbocycles. The van der Waals surface area contributed by atoms with E-state index >= 15 is 0 Å². The number of hydrogen-bond acceptors (Lipinski definition) is 5. The smallest absolute Gasteiger partial charge is 0.419 e. The topological polar surface area (TPSA) is 77.8 Å². The molecule has 1 aromatic heterocycles. The van der Waals surface area contributed by atoms with Crippen LogP contribution in [0.4, 0.5) is 9.59 Å². The summed E-state index contributed by atoms with van der Waals surface area (Å²) < 4.78 is 12.8. The van der Waals surface area contributed by atoms with Crippen LogP contribution in [0.1, 0.15) is 80.9 Å². The lowest BCUT2D eigenvalue weighted by atomic mass is 10.0. The second kappa shape index (κ2) is 12.3. The minimum atomic E-state index is -0.707. The molecule has 1 aliphatic heterocycles. The Morgan fingerprint density at radius 3 is 2.26 bits per heavy atom. The van der Waals surface area contributed by atoms with Gasteiger partial charge >= 0.3 is 12.2 Å². The lowest BCUT2D eigenvalue weighted by Crippen LogP contribution is -2.34. The van der Waals surface area contributed by atoms with E-state index in [9.17, 15) is 14.4 Å². The van der Waals surface area contributed by atoms with Crippen LogP contribution in [0.3, 0.4) is 0 Å². The molecule has 7 nitrogen and oxygen atoms in total. The zero-order valence-electron chi connectivity index (χ0n) is 22.7. The summed E-state index contributed by atoms with van der Waals surface area (Å²) in [6.07, 6.45) is 4.40. The lowest BCUT2D eigenvalue weighted by Gasteiger charge is -2.23. The highest BCUT2D eigenvalue weighted by Gasteiger charge is 2.29. The highest BCUT2D eigenvalue weighted by Crippen LogP contribution is 2.30. The van der Waals surface area contributed by atoms with E-state index in [1.165, 1.54) is 4.57 Å². The molecule has 3 aromatic rings. The summed E-state index contributed by atoms with van der Waals surface area (Å²) in [4.78, 5) is 41.8. The number of fused-ring (bicyclic) bond motifs is 3. The van der Waals surface area contributed by atoms with E-state index in [-0.39, 0.29) is 18.5 Å². The van der Waals surface area contributed by atoms with E-state index in [4.69, 9.17) is 9.47 Å². The maximum Gasteiger partial charge on any atom is 0.419 e. The van der Waals surface area contributed by atoms with Crippen molar-refractivity contribution in [1.82, 2.24) is 9.47 Å². The van der Waals surface area contributed by atoms with Gasteiger partial charge in [0.05, 0.1) is 11.2 Å². The molecule has 0 spiro atoms. The zero-order valence-corrected chi connectivity index (χ0v) is 22.7. The van der Waals surface area contributed by atoms with Crippen molar-refractivity contribution in [2.75, 3.05) is 13.1 Å². The summed E-state index contributed by atoms with van der Waals surface area (Å²) in [5.74, 6) is -0.0699. The Hall–Kier alpha value is -3.61. The van der Waals surface area contributed by atoms with Gasteiger partial charge in [-0.25, -0.2) is 14.2 Å². The number of amides is 1. The molecule has 0 fully saturated rings. The van der Waals surface area contributed by atoms with Crippen LogP contribution in [-0.2, 0) is 22.5 Å². The summed E-state index contributed by atoms with van der Waals surface area (Å²) in [5.41, 5.74) is 2.01.